The molecule has 0 unspecified atom stereocenters. The molecule has 6 nitrogen and oxygen atoms in total. The summed E-state index contributed by atoms with van der Waals surface area (Å²) in [7, 11) is 0. The maximum atomic E-state index is 13.0. The molecule has 0 radical (unpaired) electrons. The standard InChI is InChI=1S/C29H28N2O4/c1-29(2,3)31(28(33)34)27-18-25(32)26(35-20-21-11-6-4-7-12-21)19-30(27)24-16-10-15-23(17-24)22-13-8-5-9-14-22/h4-19H,20H2,1-3H3,(H,33,34). The van der Waals surface area contributed by atoms with Gasteiger partial charge in [-0.2, -0.15) is 0 Å². The van der Waals surface area contributed by atoms with E-state index in [4.69, 9.17) is 4.74 Å². The summed E-state index contributed by atoms with van der Waals surface area (Å²) in [6.45, 7) is 5.59. The summed E-state index contributed by atoms with van der Waals surface area (Å²) >= 11 is 0. The highest BCUT2D eigenvalue weighted by Crippen LogP contribution is 2.30. The second kappa shape index (κ2) is 9.89. The summed E-state index contributed by atoms with van der Waals surface area (Å²) < 4.78 is 7.58. The van der Waals surface area contributed by atoms with Gasteiger partial charge in [-0.1, -0.05) is 72.8 Å². The van der Waals surface area contributed by atoms with E-state index >= 15 is 0 Å². The van der Waals surface area contributed by atoms with E-state index in [1.165, 1.54) is 11.0 Å². The Morgan fingerprint density at radius 2 is 1.51 bits per heavy atom. The molecular weight excluding hydrogens is 440 g/mol. The average Bonchev–Trinajstić information content (AvgIpc) is 2.84. The minimum atomic E-state index is -1.15. The van der Waals surface area contributed by atoms with Crippen molar-refractivity contribution >= 4 is 11.9 Å². The Morgan fingerprint density at radius 1 is 0.886 bits per heavy atom. The van der Waals surface area contributed by atoms with Crippen LogP contribution < -0.4 is 15.1 Å². The normalized spacial score (nSPS) is 11.2. The van der Waals surface area contributed by atoms with Crippen LogP contribution in [0.4, 0.5) is 10.6 Å². The topological polar surface area (TPSA) is 71.8 Å². The average molecular weight is 469 g/mol. The zero-order valence-corrected chi connectivity index (χ0v) is 20.0. The molecule has 178 valence electrons. The number of nitrogens with zero attached hydrogens (tertiary/aromatic N) is 2. The predicted molar refractivity (Wildman–Crippen MR) is 139 cm³/mol. The summed E-state index contributed by atoms with van der Waals surface area (Å²) in [4.78, 5) is 26.5. The molecule has 0 fully saturated rings. The van der Waals surface area contributed by atoms with Crippen molar-refractivity contribution in [3.63, 3.8) is 0 Å². The zero-order chi connectivity index (χ0) is 25.0. The molecule has 3 aromatic carbocycles. The van der Waals surface area contributed by atoms with Crippen LogP contribution in [0.15, 0.2) is 102 Å². The van der Waals surface area contributed by atoms with Gasteiger partial charge in [-0.05, 0) is 49.6 Å². The van der Waals surface area contributed by atoms with Gasteiger partial charge in [0, 0.05) is 17.3 Å². The first-order valence-corrected chi connectivity index (χ1v) is 11.4. The van der Waals surface area contributed by atoms with Crippen molar-refractivity contribution in [1.82, 2.24) is 4.57 Å². The molecule has 0 saturated heterocycles. The Labute approximate surface area is 204 Å². The van der Waals surface area contributed by atoms with Crippen molar-refractivity contribution in [1.29, 1.82) is 0 Å². The van der Waals surface area contributed by atoms with Crippen molar-refractivity contribution in [2.45, 2.75) is 32.9 Å². The SMILES string of the molecule is CC(C)(C)N(C(=O)O)c1cc(=O)c(OCc2ccccc2)cn1-c1cccc(-c2ccccc2)c1. The highest BCUT2D eigenvalue weighted by Gasteiger charge is 2.31. The Morgan fingerprint density at radius 3 is 2.14 bits per heavy atom. The highest BCUT2D eigenvalue weighted by molar-refractivity contribution is 5.87. The lowest BCUT2D eigenvalue weighted by Gasteiger charge is -2.34. The molecule has 1 amide bonds. The zero-order valence-electron chi connectivity index (χ0n) is 20.0. The lowest BCUT2D eigenvalue weighted by molar-refractivity contribution is 0.195. The number of ether oxygens (including phenoxy) is 1. The lowest BCUT2D eigenvalue weighted by atomic mass is 10.0. The molecule has 4 rings (SSSR count). The van der Waals surface area contributed by atoms with Gasteiger partial charge in [0.15, 0.2) is 5.75 Å². The molecule has 0 atom stereocenters. The van der Waals surface area contributed by atoms with E-state index in [0.717, 1.165) is 16.7 Å². The van der Waals surface area contributed by atoms with Gasteiger partial charge >= 0.3 is 6.09 Å². The number of carbonyl (C=O) groups is 1. The maximum absolute atomic E-state index is 13.0. The fourth-order valence-electron chi connectivity index (χ4n) is 3.92. The van der Waals surface area contributed by atoms with Crippen LogP contribution in [0.2, 0.25) is 0 Å². The van der Waals surface area contributed by atoms with Gasteiger partial charge in [-0.25, -0.2) is 4.79 Å². The summed E-state index contributed by atoms with van der Waals surface area (Å²) in [5.74, 6) is 0.384. The lowest BCUT2D eigenvalue weighted by Crippen LogP contribution is -2.46. The van der Waals surface area contributed by atoms with E-state index in [1.807, 2.05) is 84.9 Å². The van der Waals surface area contributed by atoms with Crippen LogP contribution in [0, 0.1) is 0 Å². The molecule has 0 bridgehead atoms. The molecule has 0 saturated carbocycles. The Balaban J connectivity index is 1.85. The molecule has 0 spiro atoms. The van der Waals surface area contributed by atoms with Gasteiger partial charge in [-0.15, -0.1) is 0 Å². The number of rotatable bonds is 6. The number of benzene rings is 3. The van der Waals surface area contributed by atoms with E-state index in [9.17, 15) is 14.7 Å². The second-order valence-corrected chi connectivity index (χ2v) is 9.21. The number of carboxylic acid groups (broad SMARTS) is 1. The van der Waals surface area contributed by atoms with Crippen LogP contribution in [0.3, 0.4) is 0 Å². The Bertz CT molecular complexity index is 1370. The van der Waals surface area contributed by atoms with E-state index in [2.05, 4.69) is 0 Å². The Hall–Kier alpha value is -4.32. The van der Waals surface area contributed by atoms with Crippen LogP contribution in [-0.2, 0) is 6.61 Å². The van der Waals surface area contributed by atoms with Crippen molar-refractivity contribution in [2.75, 3.05) is 4.90 Å². The first kappa shape index (κ1) is 23.8. The number of hydrogen-bond donors (Lipinski definition) is 1. The van der Waals surface area contributed by atoms with Gasteiger partial charge in [-0.3, -0.25) is 14.3 Å². The first-order valence-electron chi connectivity index (χ1n) is 11.4. The van der Waals surface area contributed by atoms with Crippen molar-refractivity contribution < 1.29 is 14.6 Å². The smallest absolute Gasteiger partial charge is 0.413 e. The summed E-state index contributed by atoms with van der Waals surface area (Å²) in [5.41, 5.74) is 2.46. The molecule has 0 aliphatic heterocycles. The van der Waals surface area contributed by atoms with Crippen molar-refractivity contribution in [2.24, 2.45) is 0 Å². The molecular formula is C29H28N2O4. The van der Waals surface area contributed by atoms with Crippen LogP contribution >= 0.6 is 0 Å². The molecule has 1 aromatic heterocycles. The quantitative estimate of drug-likeness (QED) is 0.357. The van der Waals surface area contributed by atoms with Crippen LogP contribution in [-0.4, -0.2) is 21.3 Å². The predicted octanol–water partition coefficient (Wildman–Crippen LogP) is 6.37. The van der Waals surface area contributed by atoms with E-state index in [0.29, 0.717) is 5.69 Å². The summed E-state index contributed by atoms with van der Waals surface area (Å²) in [6.07, 6.45) is 0.426. The summed E-state index contributed by atoms with van der Waals surface area (Å²) in [5, 5.41) is 10.1. The molecule has 4 aromatic rings. The van der Waals surface area contributed by atoms with Crippen molar-refractivity contribution in [3.05, 3.63) is 113 Å². The van der Waals surface area contributed by atoms with Crippen LogP contribution in [0.1, 0.15) is 26.3 Å². The van der Waals surface area contributed by atoms with Crippen molar-refractivity contribution in [3.8, 4) is 22.6 Å². The first-order chi connectivity index (χ1) is 16.7. The maximum Gasteiger partial charge on any atom is 0.413 e. The van der Waals surface area contributed by atoms with Gasteiger partial charge in [0.1, 0.15) is 12.4 Å². The van der Waals surface area contributed by atoms with E-state index in [1.54, 1.807) is 31.5 Å². The van der Waals surface area contributed by atoms with Crippen LogP contribution in [0.5, 0.6) is 5.75 Å². The van der Waals surface area contributed by atoms with Gasteiger partial charge in [0.2, 0.25) is 5.43 Å². The van der Waals surface area contributed by atoms with E-state index in [-0.39, 0.29) is 23.6 Å². The molecule has 1 N–H and O–H groups in total. The largest absolute Gasteiger partial charge is 0.483 e. The third-order valence-electron chi connectivity index (χ3n) is 5.56. The number of aromatic nitrogens is 1. The van der Waals surface area contributed by atoms with Gasteiger partial charge in [0.05, 0.1) is 6.20 Å². The minimum Gasteiger partial charge on any atom is -0.483 e. The fourth-order valence-corrected chi connectivity index (χ4v) is 3.92. The Kier molecular flexibility index (Phi) is 6.73. The molecule has 0 aliphatic rings. The number of pyridine rings is 1. The molecule has 1 heterocycles. The molecule has 35 heavy (non-hydrogen) atoms. The fraction of sp³-hybridized carbons (Fsp3) is 0.172. The third kappa shape index (κ3) is 5.44. The monoisotopic (exact) mass is 468 g/mol. The van der Waals surface area contributed by atoms with Gasteiger partial charge < -0.3 is 9.84 Å². The van der Waals surface area contributed by atoms with Gasteiger partial charge in [0.25, 0.3) is 0 Å². The number of hydrogen-bond acceptors (Lipinski definition) is 3. The molecule has 6 heteroatoms. The summed E-state index contributed by atoms with van der Waals surface area (Å²) in [6, 6.07) is 28.6. The third-order valence-corrected chi connectivity index (χ3v) is 5.56. The number of anilines is 1. The minimum absolute atomic E-state index is 0.141. The van der Waals surface area contributed by atoms with E-state index < -0.39 is 11.6 Å². The molecule has 0 aliphatic carbocycles. The number of amides is 1. The second-order valence-electron chi connectivity index (χ2n) is 9.21. The van der Waals surface area contributed by atoms with Crippen LogP contribution in [0.25, 0.3) is 16.8 Å². The highest BCUT2D eigenvalue weighted by atomic mass is 16.5.